The van der Waals surface area contributed by atoms with Crippen LogP contribution in [0.15, 0.2) is 0 Å². The Morgan fingerprint density at radius 1 is 1.33 bits per heavy atom. The number of hydrogen-bond donors (Lipinski definition) is 1. The SMILES string of the molecule is CC(C)(C)NCCCN1CCCCC1=O. The predicted octanol–water partition coefficient (Wildman–Crippen LogP) is 1.78. The van der Waals surface area contributed by atoms with E-state index in [9.17, 15) is 4.79 Å². The summed E-state index contributed by atoms with van der Waals surface area (Å²) in [7, 11) is 0. The minimum Gasteiger partial charge on any atom is -0.343 e. The molecule has 1 aliphatic rings. The molecule has 1 rings (SSSR count). The zero-order valence-corrected chi connectivity index (χ0v) is 10.3. The van der Waals surface area contributed by atoms with Gasteiger partial charge in [0.1, 0.15) is 0 Å². The highest BCUT2D eigenvalue weighted by molar-refractivity contribution is 5.76. The summed E-state index contributed by atoms with van der Waals surface area (Å²) in [5.74, 6) is 0.344. The van der Waals surface area contributed by atoms with Gasteiger partial charge in [-0.05, 0) is 46.6 Å². The highest BCUT2D eigenvalue weighted by atomic mass is 16.2. The number of piperidine rings is 1. The van der Waals surface area contributed by atoms with Gasteiger partial charge >= 0.3 is 0 Å². The first-order chi connectivity index (χ1) is 6.99. The van der Waals surface area contributed by atoms with Crippen molar-refractivity contribution in [2.24, 2.45) is 0 Å². The Kier molecular flexibility index (Phi) is 4.58. The van der Waals surface area contributed by atoms with E-state index in [1.165, 1.54) is 6.42 Å². The molecule has 1 fully saturated rings. The second-order valence-corrected chi connectivity index (χ2v) is 5.37. The summed E-state index contributed by atoms with van der Waals surface area (Å²) in [6.07, 6.45) is 4.07. The molecule has 1 N–H and O–H groups in total. The quantitative estimate of drug-likeness (QED) is 0.720. The van der Waals surface area contributed by atoms with Crippen LogP contribution in [0, 0.1) is 0 Å². The summed E-state index contributed by atoms with van der Waals surface area (Å²) >= 11 is 0. The fourth-order valence-electron chi connectivity index (χ4n) is 1.83. The van der Waals surface area contributed by atoms with E-state index in [0.717, 1.165) is 38.9 Å². The van der Waals surface area contributed by atoms with Gasteiger partial charge in [0, 0.05) is 25.0 Å². The van der Waals surface area contributed by atoms with Crippen LogP contribution in [0.3, 0.4) is 0 Å². The minimum absolute atomic E-state index is 0.186. The van der Waals surface area contributed by atoms with Gasteiger partial charge in [0.05, 0.1) is 0 Å². The summed E-state index contributed by atoms with van der Waals surface area (Å²) in [5.41, 5.74) is 0.186. The van der Waals surface area contributed by atoms with Crippen molar-refractivity contribution >= 4 is 5.91 Å². The number of carbonyl (C=O) groups is 1. The van der Waals surface area contributed by atoms with Crippen LogP contribution in [0.1, 0.15) is 46.5 Å². The van der Waals surface area contributed by atoms with Crippen LogP contribution in [-0.4, -0.2) is 36.0 Å². The number of rotatable bonds is 4. The lowest BCUT2D eigenvalue weighted by molar-refractivity contribution is -0.133. The topological polar surface area (TPSA) is 32.3 Å². The van der Waals surface area contributed by atoms with E-state index >= 15 is 0 Å². The summed E-state index contributed by atoms with van der Waals surface area (Å²) in [6, 6.07) is 0. The number of carbonyl (C=O) groups excluding carboxylic acids is 1. The van der Waals surface area contributed by atoms with Crippen LogP contribution < -0.4 is 5.32 Å². The molecular formula is C12H24N2O. The zero-order valence-electron chi connectivity index (χ0n) is 10.3. The fraction of sp³-hybridized carbons (Fsp3) is 0.917. The zero-order chi connectivity index (χ0) is 11.3. The maximum Gasteiger partial charge on any atom is 0.222 e. The van der Waals surface area contributed by atoms with Crippen molar-refractivity contribution in [3.63, 3.8) is 0 Å². The molecule has 1 heterocycles. The van der Waals surface area contributed by atoms with E-state index in [-0.39, 0.29) is 5.54 Å². The number of nitrogens with one attached hydrogen (secondary N) is 1. The van der Waals surface area contributed by atoms with Crippen LogP contribution >= 0.6 is 0 Å². The maximum atomic E-state index is 11.5. The van der Waals surface area contributed by atoms with Crippen molar-refractivity contribution in [2.75, 3.05) is 19.6 Å². The van der Waals surface area contributed by atoms with Gasteiger partial charge in [0.25, 0.3) is 0 Å². The standard InChI is InChI=1S/C12H24N2O/c1-12(2,3)13-8-6-10-14-9-5-4-7-11(14)15/h13H,4-10H2,1-3H3. The summed E-state index contributed by atoms with van der Waals surface area (Å²) in [5, 5.41) is 3.44. The Balaban J connectivity index is 2.11. The van der Waals surface area contributed by atoms with E-state index in [2.05, 4.69) is 26.1 Å². The lowest BCUT2D eigenvalue weighted by Gasteiger charge is -2.27. The lowest BCUT2D eigenvalue weighted by Crippen LogP contribution is -2.40. The average molecular weight is 212 g/mol. The Bertz CT molecular complexity index is 208. The van der Waals surface area contributed by atoms with E-state index in [1.54, 1.807) is 0 Å². The van der Waals surface area contributed by atoms with Crippen molar-refractivity contribution in [1.29, 1.82) is 0 Å². The average Bonchev–Trinajstić information content (AvgIpc) is 2.13. The third-order valence-electron chi connectivity index (χ3n) is 2.68. The van der Waals surface area contributed by atoms with Gasteiger partial charge in [0.15, 0.2) is 0 Å². The maximum absolute atomic E-state index is 11.5. The molecule has 1 aliphatic heterocycles. The summed E-state index contributed by atoms with van der Waals surface area (Å²) in [4.78, 5) is 13.5. The van der Waals surface area contributed by atoms with Crippen molar-refractivity contribution in [3.8, 4) is 0 Å². The van der Waals surface area contributed by atoms with Gasteiger partial charge in [-0.2, -0.15) is 0 Å². The molecular weight excluding hydrogens is 188 g/mol. The van der Waals surface area contributed by atoms with E-state index in [0.29, 0.717) is 5.91 Å². The molecule has 0 aromatic rings. The summed E-state index contributed by atoms with van der Waals surface area (Å²) < 4.78 is 0. The number of nitrogens with zero attached hydrogens (tertiary/aromatic N) is 1. The molecule has 0 aromatic carbocycles. The fourth-order valence-corrected chi connectivity index (χ4v) is 1.83. The molecule has 0 radical (unpaired) electrons. The highest BCUT2D eigenvalue weighted by Gasteiger charge is 2.17. The molecule has 3 heteroatoms. The molecule has 0 aromatic heterocycles. The van der Waals surface area contributed by atoms with Crippen molar-refractivity contribution in [3.05, 3.63) is 0 Å². The van der Waals surface area contributed by atoms with Crippen LogP contribution in [0.4, 0.5) is 0 Å². The highest BCUT2D eigenvalue weighted by Crippen LogP contribution is 2.10. The molecule has 15 heavy (non-hydrogen) atoms. The normalized spacial score (nSPS) is 18.3. The van der Waals surface area contributed by atoms with Crippen molar-refractivity contribution in [2.45, 2.75) is 52.0 Å². The Hall–Kier alpha value is -0.570. The van der Waals surface area contributed by atoms with Crippen LogP contribution in [-0.2, 0) is 4.79 Å². The lowest BCUT2D eigenvalue weighted by atomic mass is 10.1. The number of likely N-dealkylation sites (tertiary alicyclic amines) is 1. The van der Waals surface area contributed by atoms with Gasteiger partial charge in [-0.15, -0.1) is 0 Å². The molecule has 0 saturated carbocycles. The molecule has 88 valence electrons. The Morgan fingerprint density at radius 2 is 2.07 bits per heavy atom. The monoisotopic (exact) mass is 212 g/mol. The van der Waals surface area contributed by atoms with Gasteiger partial charge in [0.2, 0.25) is 5.91 Å². The third-order valence-corrected chi connectivity index (χ3v) is 2.68. The van der Waals surface area contributed by atoms with E-state index in [1.807, 2.05) is 4.90 Å². The number of amides is 1. The van der Waals surface area contributed by atoms with E-state index < -0.39 is 0 Å². The molecule has 1 saturated heterocycles. The molecule has 0 bridgehead atoms. The second kappa shape index (κ2) is 5.50. The third kappa shape index (κ3) is 5.17. The van der Waals surface area contributed by atoms with Crippen LogP contribution in [0.25, 0.3) is 0 Å². The first kappa shape index (κ1) is 12.5. The molecule has 1 amide bonds. The second-order valence-electron chi connectivity index (χ2n) is 5.37. The smallest absolute Gasteiger partial charge is 0.222 e. The predicted molar refractivity (Wildman–Crippen MR) is 62.8 cm³/mol. The Morgan fingerprint density at radius 3 is 2.67 bits per heavy atom. The summed E-state index contributed by atoms with van der Waals surface area (Å²) in [6.45, 7) is 9.38. The van der Waals surface area contributed by atoms with Crippen LogP contribution in [0.2, 0.25) is 0 Å². The molecule has 0 aliphatic carbocycles. The molecule has 0 spiro atoms. The largest absolute Gasteiger partial charge is 0.343 e. The van der Waals surface area contributed by atoms with Gasteiger partial charge < -0.3 is 10.2 Å². The van der Waals surface area contributed by atoms with Crippen LogP contribution in [0.5, 0.6) is 0 Å². The first-order valence-corrected chi connectivity index (χ1v) is 6.02. The van der Waals surface area contributed by atoms with E-state index in [4.69, 9.17) is 0 Å². The minimum atomic E-state index is 0.186. The van der Waals surface area contributed by atoms with Gasteiger partial charge in [-0.1, -0.05) is 0 Å². The first-order valence-electron chi connectivity index (χ1n) is 6.02. The van der Waals surface area contributed by atoms with Crippen molar-refractivity contribution in [1.82, 2.24) is 10.2 Å². The molecule has 3 nitrogen and oxygen atoms in total. The molecule has 0 atom stereocenters. The van der Waals surface area contributed by atoms with Crippen molar-refractivity contribution < 1.29 is 4.79 Å². The van der Waals surface area contributed by atoms with Gasteiger partial charge in [-0.25, -0.2) is 0 Å². The van der Waals surface area contributed by atoms with Gasteiger partial charge in [-0.3, -0.25) is 4.79 Å². The Labute approximate surface area is 93.2 Å². The molecule has 0 unspecified atom stereocenters. The number of hydrogen-bond acceptors (Lipinski definition) is 2.